The summed E-state index contributed by atoms with van der Waals surface area (Å²) in [6, 6.07) is 12.2. The SMILES string of the molecule is Nc1cccc(CSc2cc(N)cc(F)c2)c1. The van der Waals surface area contributed by atoms with Gasteiger partial charge in [0.05, 0.1) is 0 Å². The molecule has 0 saturated carbocycles. The summed E-state index contributed by atoms with van der Waals surface area (Å²) in [5.41, 5.74) is 13.6. The molecule has 0 aliphatic carbocycles. The summed E-state index contributed by atoms with van der Waals surface area (Å²) in [6.45, 7) is 0. The summed E-state index contributed by atoms with van der Waals surface area (Å²) in [4.78, 5) is 0.824. The Hall–Kier alpha value is -1.68. The second kappa shape index (κ2) is 5.10. The number of hydrogen-bond acceptors (Lipinski definition) is 3. The molecule has 17 heavy (non-hydrogen) atoms. The lowest BCUT2D eigenvalue weighted by molar-refractivity contribution is 0.625. The number of nitrogen functional groups attached to an aromatic ring is 2. The first-order valence-electron chi connectivity index (χ1n) is 5.17. The third kappa shape index (κ3) is 3.39. The van der Waals surface area contributed by atoms with Crippen molar-refractivity contribution in [3.8, 4) is 0 Å². The highest BCUT2D eigenvalue weighted by Crippen LogP contribution is 2.26. The van der Waals surface area contributed by atoms with Crippen LogP contribution in [-0.4, -0.2) is 0 Å². The zero-order valence-electron chi connectivity index (χ0n) is 9.19. The van der Waals surface area contributed by atoms with E-state index < -0.39 is 0 Å². The molecule has 0 amide bonds. The fraction of sp³-hybridized carbons (Fsp3) is 0.0769. The summed E-state index contributed by atoms with van der Waals surface area (Å²) in [5.74, 6) is 0.438. The molecule has 0 aromatic heterocycles. The molecule has 88 valence electrons. The fourth-order valence-corrected chi connectivity index (χ4v) is 2.45. The van der Waals surface area contributed by atoms with Crippen LogP contribution in [0.2, 0.25) is 0 Å². The van der Waals surface area contributed by atoms with Crippen molar-refractivity contribution in [3.63, 3.8) is 0 Å². The first-order chi connectivity index (χ1) is 8.13. The number of nitrogens with two attached hydrogens (primary N) is 2. The monoisotopic (exact) mass is 248 g/mol. The molecule has 0 atom stereocenters. The number of benzene rings is 2. The molecular weight excluding hydrogens is 235 g/mol. The molecule has 4 heteroatoms. The van der Waals surface area contributed by atoms with Crippen LogP contribution in [0.4, 0.5) is 15.8 Å². The largest absolute Gasteiger partial charge is 0.399 e. The van der Waals surface area contributed by atoms with Crippen molar-refractivity contribution in [2.24, 2.45) is 0 Å². The molecule has 0 bridgehead atoms. The molecular formula is C13H13FN2S. The molecule has 0 aliphatic rings. The Bertz CT molecular complexity index is 508. The molecule has 2 aromatic rings. The maximum Gasteiger partial charge on any atom is 0.126 e. The highest BCUT2D eigenvalue weighted by molar-refractivity contribution is 7.98. The van der Waals surface area contributed by atoms with Gasteiger partial charge in [-0.2, -0.15) is 0 Å². The Morgan fingerprint density at radius 1 is 1.00 bits per heavy atom. The number of rotatable bonds is 3. The molecule has 2 aromatic carbocycles. The second-order valence-corrected chi connectivity index (χ2v) is 4.80. The second-order valence-electron chi connectivity index (χ2n) is 3.75. The lowest BCUT2D eigenvalue weighted by Crippen LogP contribution is -1.89. The summed E-state index contributed by atoms with van der Waals surface area (Å²) in [6.07, 6.45) is 0. The normalized spacial score (nSPS) is 10.4. The molecule has 0 unspecified atom stereocenters. The van der Waals surface area contributed by atoms with Crippen molar-refractivity contribution in [3.05, 3.63) is 53.8 Å². The predicted octanol–water partition coefficient (Wildman–Crippen LogP) is 3.28. The van der Waals surface area contributed by atoms with Gasteiger partial charge in [-0.1, -0.05) is 12.1 Å². The summed E-state index contributed by atoms with van der Waals surface area (Å²) < 4.78 is 13.1. The Balaban J connectivity index is 2.07. The smallest absolute Gasteiger partial charge is 0.126 e. The van der Waals surface area contributed by atoms with Gasteiger partial charge in [-0.05, 0) is 35.9 Å². The maximum atomic E-state index is 13.1. The number of halogens is 1. The van der Waals surface area contributed by atoms with Crippen molar-refractivity contribution >= 4 is 23.1 Å². The summed E-state index contributed by atoms with van der Waals surface area (Å²) in [7, 11) is 0. The van der Waals surface area contributed by atoms with Crippen LogP contribution in [0.5, 0.6) is 0 Å². The Kier molecular flexibility index (Phi) is 3.54. The van der Waals surface area contributed by atoms with Gasteiger partial charge in [-0.15, -0.1) is 11.8 Å². The van der Waals surface area contributed by atoms with E-state index in [1.165, 1.54) is 23.9 Å². The van der Waals surface area contributed by atoms with Gasteiger partial charge in [0.2, 0.25) is 0 Å². The average Bonchev–Trinajstić information content (AvgIpc) is 2.25. The zero-order valence-corrected chi connectivity index (χ0v) is 10.0. The lowest BCUT2D eigenvalue weighted by Gasteiger charge is -2.04. The molecule has 0 radical (unpaired) electrons. The van der Waals surface area contributed by atoms with Gasteiger partial charge in [-0.25, -0.2) is 4.39 Å². The Morgan fingerprint density at radius 2 is 1.82 bits per heavy atom. The highest BCUT2D eigenvalue weighted by Gasteiger charge is 2.00. The highest BCUT2D eigenvalue weighted by atomic mass is 32.2. The third-order valence-electron chi connectivity index (χ3n) is 2.25. The minimum Gasteiger partial charge on any atom is -0.399 e. The molecule has 0 aliphatic heterocycles. The quantitative estimate of drug-likeness (QED) is 0.647. The minimum absolute atomic E-state index is 0.305. The van der Waals surface area contributed by atoms with E-state index in [1.54, 1.807) is 6.07 Å². The average molecular weight is 248 g/mol. The summed E-state index contributed by atoms with van der Waals surface area (Å²) >= 11 is 1.53. The van der Waals surface area contributed by atoms with Gasteiger partial charge in [0.1, 0.15) is 5.82 Å². The molecule has 2 nitrogen and oxygen atoms in total. The van der Waals surface area contributed by atoms with E-state index in [4.69, 9.17) is 11.5 Å². The standard InChI is InChI=1S/C13H13FN2S/c14-10-5-12(16)7-13(6-10)17-8-9-2-1-3-11(15)4-9/h1-7H,8,15-16H2. The van der Waals surface area contributed by atoms with Crippen molar-refractivity contribution in [1.82, 2.24) is 0 Å². The van der Waals surface area contributed by atoms with Gasteiger partial charge in [0, 0.05) is 22.0 Å². The van der Waals surface area contributed by atoms with Crippen LogP contribution in [-0.2, 0) is 5.75 Å². The molecule has 0 spiro atoms. The van der Waals surface area contributed by atoms with Crippen molar-refractivity contribution in [1.29, 1.82) is 0 Å². The topological polar surface area (TPSA) is 52.0 Å². The molecule has 0 heterocycles. The molecule has 4 N–H and O–H groups in total. The van der Waals surface area contributed by atoms with E-state index in [0.29, 0.717) is 5.69 Å². The number of hydrogen-bond donors (Lipinski definition) is 2. The predicted molar refractivity (Wildman–Crippen MR) is 71.2 cm³/mol. The van der Waals surface area contributed by atoms with E-state index in [9.17, 15) is 4.39 Å². The van der Waals surface area contributed by atoms with Gasteiger partial charge >= 0.3 is 0 Å². The van der Waals surface area contributed by atoms with Crippen LogP contribution in [0.25, 0.3) is 0 Å². The number of thioether (sulfide) groups is 1. The van der Waals surface area contributed by atoms with Crippen LogP contribution in [0.1, 0.15) is 5.56 Å². The van der Waals surface area contributed by atoms with Crippen LogP contribution in [0.15, 0.2) is 47.4 Å². The first kappa shape index (κ1) is 11.8. The van der Waals surface area contributed by atoms with E-state index in [1.807, 2.05) is 24.3 Å². The van der Waals surface area contributed by atoms with Crippen LogP contribution in [0, 0.1) is 5.82 Å². The molecule has 0 saturated heterocycles. The van der Waals surface area contributed by atoms with Gasteiger partial charge in [0.15, 0.2) is 0 Å². The molecule has 2 rings (SSSR count). The third-order valence-corrected chi connectivity index (χ3v) is 3.30. The minimum atomic E-state index is -0.305. The van der Waals surface area contributed by atoms with Crippen molar-refractivity contribution in [2.45, 2.75) is 10.6 Å². The van der Waals surface area contributed by atoms with Gasteiger partial charge < -0.3 is 11.5 Å². The zero-order chi connectivity index (χ0) is 12.3. The fourth-order valence-electron chi connectivity index (χ4n) is 1.52. The Labute approximate surface area is 104 Å². The van der Waals surface area contributed by atoms with E-state index >= 15 is 0 Å². The first-order valence-corrected chi connectivity index (χ1v) is 6.15. The van der Waals surface area contributed by atoms with Crippen LogP contribution >= 0.6 is 11.8 Å². The van der Waals surface area contributed by atoms with Gasteiger partial charge in [-0.3, -0.25) is 0 Å². The van der Waals surface area contributed by atoms with Crippen molar-refractivity contribution in [2.75, 3.05) is 11.5 Å². The lowest BCUT2D eigenvalue weighted by atomic mass is 10.2. The van der Waals surface area contributed by atoms with Crippen LogP contribution in [0.3, 0.4) is 0 Å². The van der Waals surface area contributed by atoms with Crippen molar-refractivity contribution < 1.29 is 4.39 Å². The maximum absolute atomic E-state index is 13.1. The summed E-state index contributed by atoms with van der Waals surface area (Å²) in [5, 5.41) is 0. The van der Waals surface area contributed by atoms with E-state index in [0.717, 1.165) is 21.9 Å². The molecule has 0 fully saturated rings. The van der Waals surface area contributed by atoms with Gasteiger partial charge in [0.25, 0.3) is 0 Å². The van der Waals surface area contributed by atoms with Crippen LogP contribution < -0.4 is 11.5 Å². The Morgan fingerprint density at radius 3 is 2.53 bits per heavy atom. The number of anilines is 2. The van der Waals surface area contributed by atoms with E-state index in [-0.39, 0.29) is 5.82 Å². The van der Waals surface area contributed by atoms with E-state index in [2.05, 4.69) is 0 Å².